The Kier molecular flexibility index (Phi) is 5.05. The molecule has 1 aliphatic rings. The van der Waals surface area contributed by atoms with Crippen molar-refractivity contribution >= 4 is 33.1 Å². The Morgan fingerprint density at radius 3 is 2.65 bits per heavy atom. The smallest absolute Gasteiger partial charge is 0.207 e. The van der Waals surface area contributed by atoms with Crippen molar-refractivity contribution in [3.05, 3.63) is 24.3 Å². The van der Waals surface area contributed by atoms with Crippen molar-refractivity contribution in [2.24, 2.45) is 4.99 Å². The summed E-state index contributed by atoms with van der Waals surface area (Å²) in [5, 5.41) is 2.27. The Balaban J connectivity index is 2.31. The van der Waals surface area contributed by atoms with Gasteiger partial charge in [-0.05, 0) is 55.7 Å². The van der Waals surface area contributed by atoms with E-state index in [-0.39, 0.29) is 6.04 Å². The van der Waals surface area contributed by atoms with Gasteiger partial charge in [-0.15, -0.1) is 0 Å². The zero-order valence-electron chi connectivity index (χ0n) is 11.4. The number of rotatable bonds is 4. The molecular weight excluding hydrogens is 292 g/mol. The molecule has 0 aliphatic carbocycles. The van der Waals surface area contributed by atoms with Crippen molar-refractivity contribution in [3.63, 3.8) is 0 Å². The summed E-state index contributed by atoms with van der Waals surface area (Å²) in [6.07, 6.45) is 3.84. The molecule has 0 amide bonds. The van der Waals surface area contributed by atoms with E-state index in [0.29, 0.717) is 17.1 Å². The fourth-order valence-corrected chi connectivity index (χ4v) is 4.45. The lowest BCUT2D eigenvalue weighted by atomic mass is 10.0. The molecule has 1 heterocycles. The van der Waals surface area contributed by atoms with Crippen molar-refractivity contribution < 1.29 is 8.42 Å². The van der Waals surface area contributed by atoms with Crippen LogP contribution < -0.4 is 0 Å². The molecule has 1 aromatic carbocycles. The predicted molar refractivity (Wildman–Crippen MR) is 82.9 cm³/mol. The van der Waals surface area contributed by atoms with Crippen molar-refractivity contribution in [3.8, 4) is 0 Å². The summed E-state index contributed by atoms with van der Waals surface area (Å²) in [4.78, 5) is 4.15. The van der Waals surface area contributed by atoms with Crippen LogP contribution in [-0.2, 0) is 10.0 Å². The molecular formula is C14H18N2O2S2. The molecule has 0 radical (unpaired) electrons. The largest absolute Gasteiger partial charge is 0.243 e. The van der Waals surface area contributed by atoms with Crippen LogP contribution in [0.2, 0.25) is 0 Å². The van der Waals surface area contributed by atoms with E-state index in [1.807, 2.05) is 6.92 Å². The topological polar surface area (TPSA) is 49.7 Å². The third kappa shape index (κ3) is 3.15. The van der Waals surface area contributed by atoms with Gasteiger partial charge in [-0.3, -0.25) is 0 Å². The molecule has 20 heavy (non-hydrogen) atoms. The second-order valence-corrected chi connectivity index (χ2v) is 6.94. The number of hydrogen-bond donors (Lipinski definition) is 0. The lowest BCUT2D eigenvalue weighted by Gasteiger charge is -2.34. The summed E-state index contributed by atoms with van der Waals surface area (Å²) < 4.78 is 27.0. The molecule has 6 heteroatoms. The van der Waals surface area contributed by atoms with E-state index < -0.39 is 10.0 Å². The Hall–Kier alpha value is -1.07. The number of sulfonamides is 1. The third-order valence-electron chi connectivity index (χ3n) is 3.66. The van der Waals surface area contributed by atoms with Crippen LogP contribution in [0.25, 0.3) is 0 Å². The Morgan fingerprint density at radius 1 is 1.35 bits per heavy atom. The van der Waals surface area contributed by atoms with Crippen molar-refractivity contribution in [1.29, 1.82) is 0 Å². The molecule has 108 valence electrons. The standard InChI is InChI=1S/C14H18N2O2S2/c1-2-13-5-3-4-10-16(13)20(17,18)14-8-6-12(7-9-14)15-11-19/h6-9,13H,2-5,10H2,1H3/t13-/m1/s1. The first-order valence-corrected chi connectivity index (χ1v) is 8.64. The van der Waals surface area contributed by atoms with Gasteiger partial charge >= 0.3 is 0 Å². The third-order valence-corrected chi connectivity index (χ3v) is 5.72. The molecule has 2 rings (SSSR count). The average molecular weight is 310 g/mol. The van der Waals surface area contributed by atoms with Crippen molar-refractivity contribution in [2.45, 2.75) is 43.5 Å². The second-order valence-electron chi connectivity index (χ2n) is 4.87. The van der Waals surface area contributed by atoms with E-state index in [9.17, 15) is 8.42 Å². The van der Waals surface area contributed by atoms with Gasteiger partial charge in [0.2, 0.25) is 10.0 Å². The molecule has 0 bridgehead atoms. The molecule has 1 fully saturated rings. The number of piperidine rings is 1. The molecule has 0 saturated carbocycles. The maximum atomic E-state index is 12.7. The van der Waals surface area contributed by atoms with Crippen LogP contribution in [0.4, 0.5) is 5.69 Å². The lowest BCUT2D eigenvalue weighted by Crippen LogP contribution is -2.43. The molecule has 1 aliphatic heterocycles. The van der Waals surface area contributed by atoms with Gasteiger partial charge in [0.15, 0.2) is 0 Å². The highest BCUT2D eigenvalue weighted by molar-refractivity contribution is 7.89. The van der Waals surface area contributed by atoms with Crippen LogP contribution >= 0.6 is 12.2 Å². The van der Waals surface area contributed by atoms with Crippen LogP contribution in [0.15, 0.2) is 34.2 Å². The summed E-state index contributed by atoms with van der Waals surface area (Å²) in [6.45, 7) is 2.65. The van der Waals surface area contributed by atoms with E-state index in [1.165, 1.54) is 0 Å². The van der Waals surface area contributed by atoms with Gasteiger partial charge in [0.25, 0.3) is 0 Å². The zero-order chi connectivity index (χ0) is 14.6. The van der Waals surface area contributed by atoms with Gasteiger partial charge < -0.3 is 0 Å². The normalized spacial score (nSPS) is 20.4. The van der Waals surface area contributed by atoms with Crippen molar-refractivity contribution in [2.75, 3.05) is 6.54 Å². The number of benzene rings is 1. The minimum absolute atomic E-state index is 0.118. The lowest BCUT2D eigenvalue weighted by molar-refractivity contribution is 0.246. The van der Waals surface area contributed by atoms with Crippen LogP contribution in [0.5, 0.6) is 0 Å². The molecule has 1 atom stereocenters. The van der Waals surface area contributed by atoms with E-state index in [1.54, 1.807) is 28.6 Å². The van der Waals surface area contributed by atoms with E-state index in [4.69, 9.17) is 0 Å². The number of aliphatic imine (C=N–C) groups is 1. The van der Waals surface area contributed by atoms with Crippen LogP contribution in [0, 0.1) is 0 Å². The molecule has 1 saturated heterocycles. The first-order valence-electron chi connectivity index (χ1n) is 6.79. The number of isothiocyanates is 1. The van der Waals surface area contributed by atoms with Crippen molar-refractivity contribution in [1.82, 2.24) is 4.31 Å². The molecule has 0 unspecified atom stereocenters. The highest BCUT2D eigenvalue weighted by Gasteiger charge is 2.32. The minimum atomic E-state index is -3.41. The zero-order valence-corrected chi connectivity index (χ0v) is 13.1. The van der Waals surface area contributed by atoms with E-state index >= 15 is 0 Å². The Morgan fingerprint density at radius 2 is 2.05 bits per heavy atom. The first-order chi connectivity index (χ1) is 9.59. The van der Waals surface area contributed by atoms with Crippen LogP contribution in [-0.4, -0.2) is 30.5 Å². The monoisotopic (exact) mass is 310 g/mol. The maximum Gasteiger partial charge on any atom is 0.243 e. The molecule has 1 aromatic rings. The van der Waals surface area contributed by atoms with E-state index in [0.717, 1.165) is 25.7 Å². The molecule has 0 aromatic heterocycles. The van der Waals surface area contributed by atoms with Gasteiger partial charge in [0.1, 0.15) is 0 Å². The summed E-state index contributed by atoms with van der Waals surface area (Å²) >= 11 is 4.53. The van der Waals surface area contributed by atoms with Gasteiger partial charge in [-0.2, -0.15) is 9.30 Å². The summed E-state index contributed by atoms with van der Waals surface area (Å²) in [5.74, 6) is 0. The van der Waals surface area contributed by atoms with E-state index in [2.05, 4.69) is 22.4 Å². The van der Waals surface area contributed by atoms with Gasteiger partial charge in [-0.1, -0.05) is 13.3 Å². The molecule has 0 spiro atoms. The fraction of sp³-hybridized carbons (Fsp3) is 0.500. The average Bonchev–Trinajstić information content (AvgIpc) is 2.48. The molecule has 4 nitrogen and oxygen atoms in total. The maximum absolute atomic E-state index is 12.7. The molecule has 0 N–H and O–H groups in total. The summed E-state index contributed by atoms with van der Waals surface area (Å²) in [6, 6.07) is 6.59. The number of thiocarbonyl (C=S) groups is 1. The number of hydrogen-bond acceptors (Lipinski definition) is 4. The van der Waals surface area contributed by atoms with Gasteiger partial charge in [-0.25, -0.2) is 8.42 Å². The second kappa shape index (κ2) is 6.59. The quantitative estimate of drug-likeness (QED) is 0.633. The summed E-state index contributed by atoms with van der Waals surface area (Å²) in [7, 11) is -3.41. The fourth-order valence-electron chi connectivity index (χ4n) is 2.58. The Labute approximate surface area is 125 Å². The number of nitrogens with zero attached hydrogens (tertiary/aromatic N) is 2. The Bertz CT molecular complexity index is 605. The first kappa shape index (κ1) is 15.3. The minimum Gasteiger partial charge on any atom is -0.207 e. The van der Waals surface area contributed by atoms with Crippen LogP contribution in [0.1, 0.15) is 32.6 Å². The predicted octanol–water partition coefficient (Wildman–Crippen LogP) is 3.37. The SMILES string of the molecule is CC[C@@H]1CCCCN1S(=O)(=O)c1ccc(N=C=S)cc1. The van der Waals surface area contributed by atoms with Crippen LogP contribution in [0.3, 0.4) is 0 Å². The van der Waals surface area contributed by atoms with Gasteiger partial charge in [0, 0.05) is 12.6 Å². The summed E-state index contributed by atoms with van der Waals surface area (Å²) in [5.41, 5.74) is 0.615. The van der Waals surface area contributed by atoms with Gasteiger partial charge in [0.05, 0.1) is 15.7 Å². The highest BCUT2D eigenvalue weighted by atomic mass is 32.2. The highest BCUT2D eigenvalue weighted by Crippen LogP contribution is 2.27.